The molecule has 2 rings (SSSR count). The van der Waals surface area contributed by atoms with Gasteiger partial charge in [0.15, 0.2) is 0 Å². The van der Waals surface area contributed by atoms with Gasteiger partial charge in [-0.1, -0.05) is 31.8 Å². The van der Waals surface area contributed by atoms with Crippen LogP contribution >= 0.6 is 11.3 Å². The molecule has 0 radical (unpaired) electrons. The van der Waals surface area contributed by atoms with Gasteiger partial charge < -0.3 is 4.52 Å². The maximum absolute atomic E-state index is 12.9. The smallest absolute Gasteiger partial charge is 0.351 e. The van der Waals surface area contributed by atoms with E-state index in [2.05, 4.69) is 9.68 Å². The van der Waals surface area contributed by atoms with Crippen LogP contribution in [0.1, 0.15) is 45.3 Å². The highest BCUT2D eigenvalue weighted by Gasteiger charge is 2.36. The topological polar surface area (TPSA) is 63.4 Å². The molecule has 2 aromatic rings. The van der Waals surface area contributed by atoms with Crippen LogP contribution in [0.4, 0.5) is 13.2 Å². The Bertz CT molecular complexity index is 805. The lowest BCUT2D eigenvalue weighted by Crippen LogP contribution is -2.32. The van der Waals surface area contributed by atoms with E-state index < -0.39 is 22.0 Å². The van der Waals surface area contributed by atoms with E-state index in [-0.39, 0.29) is 9.90 Å². The number of nitrogens with zero attached hydrogens (tertiary/aromatic N) is 2. The zero-order valence-electron chi connectivity index (χ0n) is 14.5. The summed E-state index contributed by atoms with van der Waals surface area (Å²) in [6.07, 6.45) is -1.40. The van der Waals surface area contributed by atoms with Crippen LogP contribution in [-0.2, 0) is 16.2 Å². The summed E-state index contributed by atoms with van der Waals surface area (Å²) in [7, 11) is -3.68. The molecule has 10 heteroatoms. The summed E-state index contributed by atoms with van der Waals surface area (Å²) in [5.41, 5.74) is -0.0301. The number of unbranched alkanes of at least 4 members (excludes halogenated alkanes) is 2. The van der Waals surface area contributed by atoms with E-state index >= 15 is 0 Å². The fourth-order valence-corrected chi connectivity index (χ4v) is 5.20. The number of aromatic nitrogens is 1. The molecule has 0 bridgehead atoms. The van der Waals surface area contributed by atoms with Gasteiger partial charge in [-0.25, -0.2) is 8.42 Å². The van der Waals surface area contributed by atoms with E-state index in [4.69, 9.17) is 0 Å². The summed E-state index contributed by atoms with van der Waals surface area (Å²) >= 11 is 0.893. The number of halogens is 3. The van der Waals surface area contributed by atoms with E-state index in [1.807, 2.05) is 13.8 Å². The van der Waals surface area contributed by atoms with Crippen molar-refractivity contribution in [2.45, 2.75) is 49.9 Å². The molecule has 0 amide bonds. The summed E-state index contributed by atoms with van der Waals surface area (Å²) in [4.78, 5) is 0.314. The Hall–Kier alpha value is -1.39. The molecule has 2 aromatic heterocycles. The van der Waals surface area contributed by atoms with Crippen LogP contribution in [0.5, 0.6) is 0 Å². The van der Waals surface area contributed by atoms with Gasteiger partial charge >= 0.3 is 6.18 Å². The van der Waals surface area contributed by atoms with Gasteiger partial charge in [-0.15, -0.1) is 11.3 Å². The average molecular weight is 410 g/mol. The summed E-state index contributed by atoms with van der Waals surface area (Å²) in [5.74, 6) is -1.21. The number of sulfonamides is 1. The summed E-state index contributed by atoms with van der Waals surface area (Å²) in [5, 5.41) is 3.40. The Morgan fingerprint density at radius 1 is 1.15 bits per heavy atom. The Labute approximate surface area is 154 Å². The molecule has 0 atom stereocenters. The first-order valence-electron chi connectivity index (χ1n) is 8.34. The lowest BCUT2D eigenvalue weighted by Gasteiger charge is -2.20. The highest BCUT2D eigenvalue weighted by Crippen LogP contribution is 2.36. The maximum Gasteiger partial charge on any atom is 0.452 e. The van der Waals surface area contributed by atoms with Gasteiger partial charge in [0.1, 0.15) is 9.90 Å². The van der Waals surface area contributed by atoms with Crippen LogP contribution in [-0.4, -0.2) is 31.0 Å². The normalized spacial score (nSPS) is 12.8. The van der Waals surface area contributed by atoms with Crippen LogP contribution in [0.3, 0.4) is 0 Å². The van der Waals surface area contributed by atoms with Gasteiger partial charge in [-0.3, -0.25) is 0 Å². The van der Waals surface area contributed by atoms with E-state index in [1.165, 1.54) is 16.4 Å². The van der Waals surface area contributed by atoms with E-state index in [9.17, 15) is 21.6 Å². The van der Waals surface area contributed by atoms with E-state index in [0.717, 1.165) is 43.1 Å². The highest BCUT2D eigenvalue weighted by atomic mass is 32.2. The molecule has 0 aromatic carbocycles. The number of thiophene rings is 1. The summed E-state index contributed by atoms with van der Waals surface area (Å²) in [6.45, 7) is 4.82. The molecular weight excluding hydrogens is 389 g/mol. The minimum absolute atomic E-state index is 0.0301. The third kappa shape index (κ3) is 4.86. The molecule has 5 nitrogen and oxygen atoms in total. The van der Waals surface area contributed by atoms with E-state index in [1.54, 1.807) is 0 Å². The van der Waals surface area contributed by atoms with Crippen molar-refractivity contribution in [2.75, 3.05) is 13.1 Å². The molecule has 0 saturated carbocycles. The van der Waals surface area contributed by atoms with Crippen molar-refractivity contribution < 1.29 is 26.1 Å². The van der Waals surface area contributed by atoms with Crippen LogP contribution < -0.4 is 0 Å². The summed E-state index contributed by atoms with van der Waals surface area (Å²) < 4.78 is 69.4. The number of hydrogen-bond donors (Lipinski definition) is 0. The van der Waals surface area contributed by atoms with Crippen LogP contribution in [0, 0.1) is 0 Å². The molecular formula is C16H21F3N2O3S2. The van der Waals surface area contributed by atoms with Crippen molar-refractivity contribution in [3.8, 4) is 10.6 Å². The third-order valence-electron chi connectivity index (χ3n) is 3.74. The molecule has 146 valence electrons. The predicted octanol–water partition coefficient (Wildman–Crippen LogP) is 5.01. The lowest BCUT2D eigenvalue weighted by atomic mass is 10.3. The molecule has 26 heavy (non-hydrogen) atoms. The molecule has 0 aliphatic heterocycles. The number of hydrogen-bond acceptors (Lipinski definition) is 5. The first-order chi connectivity index (χ1) is 12.2. The Balaban J connectivity index is 2.26. The highest BCUT2D eigenvalue weighted by molar-refractivity contribution is 7.91. The maximum atomic E-state index is 12.9. The van der Waals surface area contributed by atoms with E-state index in [0.29, 0.717) is 18.0 Å². The van der Waals surface area contributed by atoms with Crippen LogP contribution in [0.25, 0.3) is 10.6 Å². The Morgan fingerprint density at radius 3 is 2.27 bits per heavy atom. The van der Waals surface area contributed by atoms with Gasteiger partial charge in [0.25, 0.3) is 10.0 Å². The minimum Gasteiger partial charge on any atom is -0.351 e. The molecule has 0 spiro atoms. The van der Waals surface area contributed by atoms with Crippen molar-refractivity contribution in [1.82, 2.24) is 9.46 Å². The SMILES string of the molecule is CCCCN(CCCC)S(=O)(=O)c1ccc(-c2cc(C(F)(F)F)on2)s1. The second-order valence-corrected chi connectivity index (χ2v) is 9.05. The monoisotopic (exact) mass is 410 g/mol. The second kappa shape index (κ2) is 8.53. The van der Waals surface area contributed by atoms with Crippen molar-refractivity contribution >= 4 is 21.4 Å². The van der Waals surface area contributed by atoms with Crippen molar-refractivity contribution in [3.05, 3.63) is 24.0 Å². The zero-order chi connectivity index (χ0) is 19.4. The molecule has 0 unspecified atom stereocenters. The Morgan fingerprint density at radius 2 is 1.77 bits per heavy atom. The second-order valence-electron chi connectivity index (χ2n) is 5.80. The van der Waals surface area contributed by atoms with Gasteiger partial charge in [-0.05, 0) is 25.0 Å². The number of alkyl halides is 3. The fourth-order valence-electron chi connectivity index (χ4n) is 2.27. The van der Waals surface area contributed by atoms with Crippen molar-refractivity contribution in [2.24, 2.45) is 0 Å². The zero-order valence-corrected chi connectivity index (χ0v) is 16.2. The molecule has 2 heterocycles. The van der Waals surface area contributed by atoms with Crippen LogP contribution in [0.2, 0.25) is 0 Å². The fraction of sp³-hybridized carbons (Fsp3) is 0.562. The van der Waals surface area contributed by atoms with Gasteiger partial charge in [-0.2, -0.15) is 17.5 Å². The predicted molar refractivity (Wildman–Crippen MR) is 93.4 cm³/mol. The lowest BCUT2D eigenvalue weighted by molar-refractivity contribution is -0.155. The van der Waals surface area contributed by atoms with Gasteiger partial charge in [0.05, 0.1) is 4.88 Å². The molecule has 0 fully saturated rings. The quantitative estimate of drug-likeness (QED) is 0.583. The first-order valence-corrected chi connectivity index (χ1v) is 10.6. The average Bonchev–Trinajstić information content (AvgIpc) is 3.23. The first kappa shape index (κ1) is 20.9. The minimum atomic E-state index is -4.63. The van der Waals surface area contributed by atoms with Crippen molar-refractivity contribution in [1.29, 1.82) is 0 Å². The molecule has 0 aliphatic rings. The largest absolute Gasteiger partial charge is 0.452 e. The van der Waals surface area contributed by atoms with Crippen LogP contribution in [0.15, 0.2) is 26.9 Å². The van der Waals surface area contributed by atoms with Gasteiger partial charge in [0.2, 0.25) is 5.76 Å². The third-order valence-corrected chi connectivity index (χ3v) is 7.21. The molecule has 0 aliphatic carbocycles. The number of rotatable bonds is 9. The molecule has 0 saturated heterocycles. The molecule has 0 N–H and O–H groups in total. The van der Waals surface area contributed by atoms with Gasteiger partial charge in [0, 0.05) is 19.2 Å². The standard InChI is InChI=1S/C16H21F3N2O3S2/c1-3-5-9-21(10-6-4-2)26(22,23)15-8-7-13(25-15)12-11-14(24-20-12)16(17,18)19/h7-8,11H,3-6,9-10H2,1-2H3. The van der Waals surface area contributed by atoms with Crippen molar-refractivity contribution in [3.63, 3.8) is 0 Å². The summed E-state index contributed by atoms with van der Waals surface area (Å²) in [6, 6.07) is 3.63. The Kier molecular flexibility index (Phi) is 6.86.